The van der Waals surface area contributed by atoms with Crippen LogP contribution in [0.5, 0.6) is 11.5 Å². The van der Waals surface area contributed by atoms with Gasteiger partial charge in [0.15, 0.2) is 11.6 Å². The Balaban J connectivity index is 1.66. The maximum Gasteiger partial charge on any atom is 0.460 e. The summed E-state index contributed by atoms with van der Waals surface area (Å²) in [7, 11) is -2.04. The number of aromatic nitrogens is 2. The highest BCUT2D eigenvalue weighted by molar-refractivity contribution is 6.94. The smallest absolute Gasteiger partial charge is 0.460 e. The van der Waals surface area contributed by atoms with Crippen molar-refractivity contribution >= 4 is 16.1 Å². The Hall–Kier alpha value is -2.30. The average Bonchev–Trinajstić information content (AvgIpc) is 2.94. The summed E-state index contributed by atoms with van der Waals surface area (Å²) in [6.07, 6.45) is -0.00432. The van der Waals surface area contributed by atoms with Gasteiger partial charge < -0.3 is 9.47 Å². The largest absolute Gasteiger partial charge is 0.494 e. The van der Waals surface area contributed by atoms with Gasteiger partial charge in [-0.3, -0.25) is 0 Å². The van der Waals surface area contributed by atoms with E-state index in [1.807, 2.05) is 0 Å². The van der Waals surface area contributed by atoms with Gasteiger partial charge in [0.05, 0.1) is 25.6 Å². The number of rotatable bonds is 21. The molecule has 1 heterocycles. The summed E-state index contributed by atoms with van der Waals surface area (Å²) < 4.78 is 128. The molecule has 0 aliphatic carbocycles. The summed E-state index contributed by atoms with van der Waals surface area (Å²) in [6.45, 7) is 12.8. The molecule has 0 bridgehead atoms. The summed E-state index contributed by atoms with van der Waals surface area (Å²) >= 11 is 0. The molecule has 15 heteroatoms. The van der Waals surface area contributed by atoms with Gasteiger partial charge in [-0.1, -0.05) is 76.6 Å². The molecule has 4 nitrogen and oxygen atoms in total. The molecule has 0 fully saturated rings. The van der Waals surface area contributed by atoms with Crippen molar-refractivity contribution in [3.8, 4) is 22.9 Å². The highest BCUT2D eigenvalue weighted by Gasteiger charge is 2.81. The molecule has 1 aromatic heterocycles. The second-order valence-electron chi connectivity index (χ2n) is 14.0. The van der Waals surface area contributed by atoms with E-state index in [0.717, 1.165) is 12.8 Å². The van der Waals surface area contributed by atoms with E-state index in [1.54, 1.807) is 24.3 Å². The van der Waals surface area contributed by atoms with E-state index in [-0.39, 0.29) is 18.8 Å². The van der Waals surface area contributed by atoms with Gasteiger partial charge in [-0.15, -0.1) is 0 Å². The molecule has 0 amide bonds. The van der Waals surface area contributed by atoms with Gasteiger partial charge >= 0.3 is 23.9 Å². The third-order valence-electron chi connectivity index (χ3n) is 7.63. The Labute approximate surface area is 273 Å². The van der Waals surface area contributed by atoms with Crippen LogP contribution in [0.4, 0.5) is 39.5 Å². The fraction of sp³-hybridized carbons (Fsp3) is 0.688. The number of benzene rings is 1. The number of alkyl halides is 9. The van der Waals surface area contributed by atoms with Gasteiger partial charge in [0.1, 0.15) is 5.75 Å². The van der Waals surface area contributed by atoms with E-state index >= 15 is 0 Å². The van der Waals surface area contributed by atoms with E-state index in [4.69, 9.17) is 9.47 Å². The van der Waals surface area contributed by atoms with Crippen molar-refractivity contribution in [2.24, 2.45) is 0 Å². The molecule has 1 aromatic carbocycles. The van der Waals surface area contributed by atoms with Crippen LogP contribution in [0.2, 0.25) is 44.4 Å². The first-order chi connectivity index (χ1) is 21.6. The molecule has 2 rings (SSSR count). The molecule has 0 saturated carbocycles. The summed E-state index contributed by atoms with van der Waals surface area (Å²) in [5.74, 6) is -17.9. The molecular weight excluding hydrogens is 672 g/mol. The highest BCUT2D eigenvalue weighted by atomic mass is 28.4. The van der Waals surface area contributed by atoms with Gasteiger partial charge in [0.25, 0.3) is 0 Å². The minimum Gasteiger partial charge on any atom is -0.494 e. The second kappa shape index (κ2) is 16.9. The summed E-state index contributed by atoms with van der Waals surface area (Å²) in [5.41, 5.74) is 2.19. The van der Waals surface area contributed by atoms with Gasteiger partial charge in [0, 0.05) is 28.1 Å². The number of nitrogens with zero attached hydrogens (tertiary/aromatic N) is 2. The van der Waals surface area contributed by atoms with Gasteiger partial charge in [-0.05, 0) is 43.5 Å². The number of ether oxygens (including phenoxy) is 2. The molecule has 47 heavy (non-hydrogen) atoms. The lowest BCUT2D eigenvalue weighted by molar-refractivity contribution is -0.396. The van der Waals surface area contributed by atoms with Gasteiger partial charge in [-0.2, -0.15) is 39.5 Å². The van der Waals surface area contributed by atoms with Crippen molar-refractivity contribution in [3.05, 3.63) is 36.7 Å². The Morgan fingerprint density at radius 2 is 1.09 bits per heavy atom. The first kappa shape index (κ1) is 40.9. The van der Waals surface area contributed by atoms with Crippen molar-refractivity contribution in [2.45, 2.75) is 126 Å². The molecule has 0 spiro atoms. The van der Waals surface area contributed by atoms with Crippen LogP contribution >= 0.6 is 0 Å². The van der Waals surface area contributed by atoms with Crippen LogP contribution in [0.15, 0.2) is 36.7 Å². The topological polar surface area (TPSA) is 44.2 Å². The van der Waals surface area contributed by atoms with Gasteiger partial charge in [-0.25, -0.2) is 9.97 Å². The Kier molecular flexibility index (Phi) is 14.7. The Morgan fingerprint density at radius 1 is 0.596 bits per heavy atom. The van der Waals surface area contributed by atoms with E-state index in [9.17, 15) is 39.5 Å². The number of halogens is 9. The van der Waals surface area contributed by atoms with E-state index < -0.39 is 52.9 Å². The molecule has 2 aromatic rings. The minimum absolute atomic E-state index is 0.127. The minimum atomic E-state index is -6.88. The monoisotopic (exact) mass is 718 g/mol. The predicted molar refractivity (Wildman–Crippen MR) is 171 cm³/mol. The molecule has 0 radical (unpaired) electrons. The van der Waals surface area contributed by atoms with Crippen LogP contribution in [-0.4, -0.2) is 63.3 Å². The number of hydrogen-bond donors (Lipinski definition) is 0. The molecule has 268 valence electrons. The predicted octanol–water partition coefficient (Wildman–Crippen LogP) is 11.5. The quantitative estimate of drug-likeness (QED) is 0.0732. The molecule has 0 aliphatic heterocycles. The molecule has 0 aliphatic rings. The Morgan fingerprint density at radius 3 is 1.62 bits per heavy atom. The van der Waals surface area contributed by atoms with Gasteiger partial charge in [0.2, 0.25) is 0 Å². The average molecular weight is 719 g/mol. The van der Waals surface area contributed by atoms with Crippen LogP contribution in [-0.2, 0) is 0 Å². The first-order valence-corrected chi connectivity index (χ1v) is 23.1. The normalized spacial score (nSPS) is 13.6. The summed E-state index contributed by atoms with van der Waals surface area (Å²) in [4.78, 5) is 8.33. The van der Waals surface area contributed by atoms with E-state index in [1.165, 1.54) is 49.8 Å². The molecule has 0 unspecified atom stereocenters. The Bertz CT molecular complexity index is 1210. The van der Waals surface area contributed by atoms with Crippen LogP contribution < -0.4 is 9.47 Å². The van der Waals surface area contributed by atoms with Crippen LogP contribution in [0, 0.1) is 0 Å². The highest BCUT2D eigenvalue weighted by Crippen LogP contribution is 2.54. The van der Waals surface area contributed by atoms with Crippen molar-refractivity contribution in [2.75, 3.05) is 13.2 Å². The van der Waals surface area contributed by atoms with E-state index in [2.05, 4.69) is 42.7 Å². The van der Waals surface area contributed by atoms with Crippen LogP contribution in [0.3, 0.4) is 0 Å². The fourth-order valence-corrected chi connectivity index (χ4v) is 19.0. The van der Waals surface area contributed by atoms with Crippen molar-refractivity contribution in [1.29, 1.82) is 0 Å². The van der Waals surface area contributed by atoms with Crippen molar-refractivity contribution < 1.29 is 49.0 Å². The lowest BCUT2D eigenvalue weighted by Crippen LogP contribution is -2.60. The molecular formula is C32H47F9N2O2Si2. The third-order valence-corrected chi connectivity index (χ3v) is 17.4. The lowest BCUT2D eigenvalue weighted by Gasteiger charge is -2.33. The summed E-state index contributed by atoms with van der Waals surface area (Å²) in [6, 6.07) is 8.61. The third kappa shape index (κ3) is 12.9. The maximum atomic E-state index is 13.6. The molecule has 0 atom stereocenters. The van der Waals surface area contributed by atoms with Crippen molar-refractivity contribution in [3.63, 3.8) is 0 Å². The zero-order valence-electron chi connectivity index (χ0n) is 27.8. The number of hydrogen-bond acceptors (Lipinski definition) is 4. The molecule has 0 saturated heterocycles. The first-order valence-electron chi connectivity index (χ1n) is 16.0. The summed E-state index contributed by atoms with van der Waals surface area (Å²) in [5, 5.41) is 0. The fourth-order valence-electron chi connectivity index (χ4n) is 5.57. The van der Waals surface area contributed by atoms with Crippen LogP contribution in [0.1, 0.15) is 57.8 Å². The maximum absolute atomic E-state index is 13.6. The van der Waals surface area contributed by atoms with E-state index in [0.29, 0.717) is 23.7 Å². The number of unbranched alkanes of at least 4 members (excludes halogenated alkanes) is 6. The molecule has 0 N–H and O–H groups in total. The SMILES string of the molecule is C[Si](C)(C)C[Si](C)(C)CCCCCCCCOc1ccc(-c2ncc(OCCCCC(F)(F)C(F)(F)C(F)(F)C(F)(F)F)cn2)cc1. The lowest BCUT2D eigenvalue weighted by atomic mass is 9.99. The van der Waals surface area contributed by atoms with Crippen molar-refractivity contribution in [1.82, 2.24) is 9.97 Å². The van der Waals surface area contributed by atoms with Crippen LogP contribution in [0.25, 0.3) is 11.4 Å². The second-order valence-corrected chi connectivity index (χ2v) is 25.4. The zero-order valence-corrected chi connectivity index (χ0v) is 29.8. The standard InChI is InChI=1S/C32H47F9N2O2Si2/c1-46(2,3)24-47(4,5)21-13-9-7-6-8-11-19-44-26-16-14-25(15-17-26)28-42-22-27(23-43-28)45-20-12-10-18-29(33,34)30(35,36)31(37,38)32(39,40)41/h14-17,22-23H,6-13,18-21,24H2,1-5H3. The zero-order chi connectivity index (χ0) is 35.6.